The molecular weight excluding hydrogens is 258 g/mol. The minimum absolute atomic E-state index is 0.934. The van der Waals surface area contributed by atoms with Gasteiger partial charge in [0.15, 0.2) is 0 Å². The van der Waals surface area contributed by atoms with E-state index in [-0.39, 0.29) is 0 Å². The van der Waals surface area contributed by atoms with Gasteiger partial charge in [-0.3, -0.25) is 0 Å². The van der Waals surface area contributed by atoms with Crippen molar-refractivity contribution in [1.29, 1.82) is 0 Å². The minimum atomic E-state index is 0.934. The van der Waals surface area contributed by atoms with Crippen molar-refractivity contribution in [1.82, 2.24) is 10.2 Å². The van der Waals surface area contributed by atoms with Gasteiger partial charge < -0.3 is 15.1 Å². The molecule has 0 aliphatic heterocycles. The number of nitrogens with zero attached hydrogens (tertiary/aromatic N) is 2. The zero-order chi connectivity index (χ0) is 15.7. The lowest BCUT2D eigenvalue weighted by Gasteiger charge is -2.27. The molecule has 0 bridgehead atoms. The maximum Gasteiger partial charge on any atom is 0.0411 e. The van der Waals surface area contributed by atoms with Crippen molar-refractivity contribution in [2.45, 2.75) is 40.7 Å². The number of hydrogen-bond donors (Lipinski definition) is 1. The van der Waals surface area contributed by atoms with Crippen LogP contribution in [0.15, 0.2) is 18.2 Å². The van der Waals surface area contributed by atoms with Gasteiger partial charge in [-0.2, -0.15) is 0 Å². The quantitative estimate of drug-likeness (QED) is 0.714. The van der Waals surface area contributed by atoms with E-state index < -0.39 is 0 Å². The Bertz CT molecular complexity index is 399. The van der Waals surface area contributed by atoms with Gasteiger partial charge in [0.25, 0.3) is 0 Å². The molecule has 0 spiro atoms. The molecule has 0 saturated carbocycles. The number of rotatable bonds is 10. The summed E-state index contributed by atoms with van der Waals surface area (Å²) in [7, 11) is 2.02. The highest BCUT2D eigenvalue weighted by Gasteiger charge is 2.10. The number of nitrogens with one attached hydrogen (secondary N) is 1. The Hall–Kier alpha value is -1.06. The third-order valence-electron chi connectivity index (χ3n) is 4.12. The van der Waals surface area contributed by atoms with Crippen LogP contribution in [0.5, 0.6) is 0 Å². The largest absolute Gasteiger partial charge is 0.372 e. The molecule has 0 fully saturated rings. The van der Waals surface area contributed by atoms with Crippen molar-refractivity contribution in [3.05, 3.63) is 29.3 Å². The molecule has 120 valence electrons. The Labute approximate surface area is 131 Å². The second-order valence-electron chi connectivity index (χ2n) is 5.62. The molecule has 3 nitrogen and oxygen atoms in total. The number of aryl methyl sites for hydroxylation is 1. The topological polar surface area (TPSA) is 18.5 Å². The number of benzene rings is 1. The van der Waals surface area contributed by atoms with Gasteiger partial charge in [-0.05, 0) is 58.6 Å². The molecule has 3 heteroatoms. The van der Waals surface area contributed by atoms with Crippen LogP contribution in [0.2, 0.25) is 0 Å². The highest BCUT2D eigenvalue weighted by atomic mass is 15.1. The molecule has 0 amide bonds. The number of anilines is 1. The number of hydrogen-bond acceptors (Lipinski definition) is 3. The van der Waals surface area contributed by atoms with E-state index in [4.69, 9.17) is 0 Å². The summed E-state index contributed by atoms with van der Waals surface area (Å²) in [6.45, 7) is 15.5. The standard InChI is InChI=1S/C18H33N3/c1-6-20(7-2)12-9-13-21(8-3)18-11-10-16(4)14-17(18)15-19-5/h10-11,14,19H,6-9,12-13,15H2,1-5H3. The van der Waals surface area contributed by atoms with Gasteiger partial charge in [0, 0.05) is 25.3 Å². The summed E-state index contributed by atoms with van der Waals surface area (Å²) < 4.78 is 0. The predicted octanol–water partition coefficient (Wildman–Crippen LogP) is 3.27. The zero-order valence-electron chi connectivity index (χ0n) is 14.6. The minimum Gasteiger partial charge on any atom is -0.372 e. The van der Waals surface area contributed by atoms with Crippen molar-refractivity contribution >= 4 is 5.69 Å². The van der Waals surface area contributed by atoms with Crippen molar-refractivity contribution in [3.8, 4) is 0 Å². The molecule has 0 saturated heterocycles. The van der Waals surface area contributed by atoms with Crippen molar-refractivity contribution in [2.24, 2.45) is 0 Å². The van der Waals surface area contributed by atoms with Gasteiger partial charge in [-0.25, -0.2) is 0 Å². The third kappa shape index (κ3) is 5.68. The van der Waals surface area contributed by atoms with Crippen LogP contribution in [0.3, 0.4) is 0 Å². The Morgan fingerprint density at radius 3 is 2.29 bits per heavy atom. The summed E-state index contributed by atoms with van der Waals surface area (Å²) in [5.41, 5.74) is 4.13. The monoisotopic (exact) mass is 291 g/mol. The molecule has 1 aromatic rings. The van der Waals surface area contributed by atoms with E-state index in [2.05, 4.69) is 61.0 Å². The fourth-order valence-corrected chi connectivity index (χ4v) is 2.83. The van der Waals surface area contributed by atoms with Crippen molar-refractivity contribution in [3.63, 3.8) is 0 Å². The lowest BCUT2D eigenvalue weighted by molar-refractivity contribution is 0.300. The Kier molecular flexibility index (Phi) is 8.40. The highest BCUT2D eigenvalue weighted by molar-refractivity contribution is 5.55. The molecule has 1 N–H and O–H groups in total. The van der Waals surface area contributed by atoms with Crippen LogP contribution >= 0.6 is 0 Å². The van der Waals surface area contributed by atoms with Crippen LogP contribution in [0.25, 0.3) is 0 Å². The Morgan fingerprint density at radius 2 is 1.71 bits per heavy atom. The van der Waals surface area contributed by atoms with E-state index in [1.807, 2.05) is 7.05 Å². The third-order valence-corrected chi connectivity index (χ3v) is 4.12. The van der Waals surface area contributed by atoms with Gasteiger partial charge in [0.1, 0.15) is 0 Å². The molecule has 1 aromatic carbocycles. The lowest BCUT2D eigenvalue weighted by atomic mass is 10.1. The first kappa shape index (κ1) is 18.0. The second-order valence-corrected chi connectivity index (χ2v) is 5.62. The van der Waals surface area contributed by atoms with E-state index in [9.17, 15) is 0 Å². The first-order valence-corrected chi connectivity index (χ1v) is 8.37. The Balaban J connectivity index is 2.71. The van der Waals surface area contributed by atoms with Crippen LogP contribution in [0.4, 0.5) is 5.69 Å². The SMILES string of the molecule is CCN(CC)CCCN(CC)c1ccc(C)cc1CNC. The van der Waals surface area contributed by atoms with E-state index in [0.29, 0.717) is 0 Å². The molecule has 0 unspecified atom stereocenters. The summed E-state index contributed by atoms with van der Waals surface area (Å²) >= 11 is 0. The van der Waals surface area contributed by atoms with Crippen LogP contribution in [-0.4, -0.2) is 44.7 Å². The average Bonchev–Trinajstić information content (AvgIpc) is 2.49. The fraction of sp³-hybridized carbons (Fsp3) is 0.667. The first-order chi connectivity index (χ1) is 10.2. The van der Waals surface area contributed by atoms with Crippen molar-refractivity contribution < 1.29 is 0 Å². The summed E-state index contributed by atoms with van der Waals surface area (Å²) in [6.07, 6.45) is 1.22. The molecule has 0 radical (unpaired) electrons. The smallest absolute Gasteiger partial charge is 0.0411 e. The molecule has 21 heavy (non-hydrogen) atoms. The van der Waals surface area contributed by atoms with Gasteiger partial charge in [0.2, 0.25) is 0 Å². The van der Waals surface area contributed by atoms with Gasteiger partial charge in [-0.15, -0.1) is 0 Å². The van der Waals surface area contributed by atoms with Crippen molar-refractivity contribution in [2.75, 3.05) is 44.7 Å². The van der Waals surface area contributed by atoms with Gasteiger partial charge in [0.05, 0.1) is 0 Å². The van der Waals surface area contributed by atoms with Crippen LogP contribution in [-0.2, 0) is 6.54 Å². The first-order valence-electron chi connectivity index (χ1n) is 8.37. The van der Waals surface area contributed by atoms with Crippen LogP contribution in [0, 0.1) is 6.92 Å². The van der Waals surface area contributed by atoms with Crippen LogP contribution in [0.1, 0.15) is 38.3 Å². The summed E-state index contributed by atoms with van der Waals surface area (Å²) in [5, 5.41) is 3.29. The van der Waals surface area contributed by atoms with Crippen LogP contribution < -0.4 is 10.2 Å². The molecule has 0 aliphatic rings. The Morgan fingerprint density at radius 1 is 1.00 bits per heavy atom. The summed E-state index contributed by atoms with van der Waals surface area (Å²) in [5.74, 6) is 0. The second kappa shape index (κ2) is 9.80. The zero-order valence-corrected chi connectivity index (χ0v) is 14.6. The summed E-state index contributed by atoms with van der Waals surface area (Å²) in [4.78, 5) is 5.01. The molecule has 0 heterocycles. The normalized spacial score (nSPS) is 11.1. The molecule has 0 atom stereocenters. The van der Waals surface area contributed by atoms with E-state index in [1.54, 1.807) is 0 Å². The fourth-order valence-electron chi connectivity index (χ4n) is 2.83. The maximum absolute atomic E-state index is 3.29. The van der Waals surface area contributed by atoms with E-state index in [1.165, 1.54) is 29.8 Å². The highest BCUT2D eigenvalue weighted by Crippen LogP contribution is 2.22. The molecular formula is C18H33N3. The average molecular weight is 291 g/mol. The van der Waals surface area contributed by atoms with Gasteiger partial charge >= 0.3 is 0 Å². The maximum atomic E-state index is 3.29. The van der Waals surface area contributed by atoms with E-state index in [0.717, 1.165) is 32.7 Å². The molecule has 0 aliphatic carbocycles. The predicted molar refractivity (Wildman–Crippen MR) is 94.2 cm³/mol. The summed E-state index contributed by atoms with van der Waals surface area (Å²) in [6, 6.07) is 6.81. The molecule has 0 aromatic heterocycles. The van der Waals surface area contributed by atoms with Gasteiger partial charge in [-0.1, -0.05) is 31.5 Å². The van der Waals surface area contributed by atoms with E-state index >= 15 is 0 Å². The lowest BCUT2D eigenvalue weighted by Crippen LogP contribution is -2.30. The molecule has 1 rings (SSSR count).